The Balaban J connectivity index is 1.12. The second-order valence-corrected chi connectivity index (χ2v) is 16.0. The molecule has 9 aromatic carbocycles. The highest BCUT2D eigenvalue weighted by atomic mass is 15.1. The van der Waals surface area contributed by atoms with Crippen molar-refractivity contribution >= 4 is 27.8 Å². The summed E-state index contributed by atoms with van der Waals surface area (Å²) in [5, 5.41) is 2.44. The fourth-order valence-corrected chi connectivity index (χ4v) is 10.2. The van der Waals surface area contributed by atoms with E-state index >= 15 is 0 Å². The van der Waals surface area contributed by atoms with Crippen molar-refractivity contribution in [1.82, 2.24) is 0 Å². The largest absolute Gasteiger partial charge is 0.310 e. The lowest BCUT2D eigenvalue weighted by atomic mass is 9.55. The SMILES string of the molecule is CC1(C)c2ccccc2C2(c3ccccc3-c3ccc(-c4ccc(N(c5ccccc5)c5ccc(-c6ccccc6)cc5)c5ccccc45)cc32)c2ccccc21. The van der Waals surface area contributed by atoms with Crippen LogP contribution in [0, 0.1) is 0 Å². The van der Waals surface area contributed by atoms with E-state index in [1.54, 1.807) is 0 Å². The van der Waals surface area contributed by atoms with Crippen LogP contribution in [-0.4, -0.2) is 0 Å². The molecular formula is C56H41N. The predicted molar refractivity (Wildman–Crippen MR) is 239 cm³/mol. The average molecular weight is 728 g/mol. The highest BCUT2D eigenvalue weighted by Gasteiger charge is 2.53. The third-order valence-corrected chi connectivity index (χ3v) is 12.8. The van der Waals surface area contributed by atoms with Gasteiger partial charge in [-0.2, -0.15) is 0 Å². The van der Waals surface area contributed by atoms with Crippen molar-refractivity contribution in [3.63, 3.8) is 0 Å². The molecule has 0 saturated heterocycles. The number of anilines is 3. The molecule has 1 heteroatoms. The average Bonchev–Trinajstić information content (AvgIpc) is 3.57. The van der Waals surface area contributed by atoms with Crippen LogP contribution < -0.4 is 4.90 Å². The van der Waals surface area contributed by atoms with Crippen molar-refractivity contribution in [2.24, 2.45) is 0 Å². The lowest BCUT2D eigenvalue weighted by Crippen LogP contribution is -2.40. The van der Waals surface area contributed by atoms with Gasteiger partial charge in [0.15, 0.2) is 0 Å². The zero-order valence-electron chi connectivity index (χ0n) is 32.2. The van der Waals surface area contributed by atoms with Crippen molar-refractivity contribution in [2.45, 2.75) is 24.7 Å². The highest BCUT2D eigenvalue weighted by molar-refractivity contribution is 6.06. The molecule has 0 radical (unpaired) electrons. The van der Waals surface area contributed by atoms with Crippen LogP contribution in [0.25, 0.3) is 44.2 Å². The van der Waals surface area contributed by atoms with Crippen LogP contribution in [0.2, 0.25) is 0 Å². The molecule has 57 heavy (non-hydrogen) atoms. The van der Waals surface area contributed by atoms with Gasteiger partial charge in [-0.1, -0.05) is 190 Å². The molecule has 270 valence electrons. The molecule has 9 aromatic rings. The summed E-state index contributed by atoms with van der Waals surface area (Å²) in [4.78, 5) is 2.40. The normalized spacial score (nSPS) is 14.1. The molecule has 0 amide bonds. The molecule has 2 aliphatic rings. The lowest BCUT2D eigenvalue weighted by Gasteiger charge is -2.46. The van der Waals surface area contributed by atoms with Gasteiger partial charge < -0.3 is 4.90 Å². The van der Waals surface area contributed by atoms with Crippen molar-refractivity contribution in [3.8, 4) is 33.4 Å². The summed E-state index contributed by atoms with van der Waals surface area (Å²) in [5.74, 6) is 0. The maximum atomic E-state index is 2.51. The van der Waals surface area contributed by atoms with E-state index in [2.05, 4.69) is 231 Å². The monoisotopic (exact) mass is 727 g/mol. The molecule has 11 rings (SSSR count). The first kappa shape index (κ1) is 33.4. The molecule has 0 N–H and O–H groups in total. The van der Waals surface area contributed by atoms with Crippen molar-refractivity contribution in [2.75, 3.05) is 4.90 Å². The van der Waals surface area contributed by atoms with Gasteiger partial charge in [0, 0.05) is 22.2 Å². The van der Waals surface area contributed by atoms with E-state index in [9.17, 15) is 0 Å². The molecule has 0 heterocycles. The topological polar surface area (TPSA) is 3.24 Å². The minimum absolute atomic E-state index is 0.133. The third-order valence-electron chi connectivity index (χ3n) is 12.8. The van der Waals surface area contributed by atoms with E-state index in [1.807, 2.05) is 0 Å². The molecule has 1 spiro atoms. The van der Waals surface area contributed by atoms with Crippen LogP contribution >= 0.6 is 0 Å². The quantitative estimate of drug-likeness (QED) is 0.171. The maximum absolute atomic E-state index is 2.51. The van der Waals surface area contributed by atoms with Gasteiger partial charge in [-0.25, -0.2) is 0 Å². The van der Waals surface area contributed by atoms with Crippen LogP contribution in [0.15, 0.2) is 212 Å². The number of hydrogen-bond donors (Lipinski definition) is 0. The second-order valence-electron chi connectivity index (χ2n) is 16.0. The zero-order chi connectivity index (χ0) is 38.1. The van der Waals surface area contributed by atoms with Gasteiger partial charge in [-0.15, -0.1) is 0 Å². The van der Waals surface area contributed by atoms with Crippen LogP contribution in [-0.2, 0) is 10.8 Å². The summed E-state index contributed by atoms with van der Waals surface area (Å²) in [6, 6.07) is 78.6. The smallest absolute Gasteiger partial charge is 0.0719 e. The highest BCUT2D eigenvalue weighted by Crippen LogP contribution is 2.62. The number of benzene rings is 9. The number of nitrogens with zero attached hydrogens (tertiary/aromatic N) is 1. The van der Waals surface area contributed by atoms with Crippen molar-refractivity contribution < 1.29 is 0 Å². The number of fused-ring (bicyclic) bond motifs is 10. The Morgan fingerprint density at radius 3 is 1.47 bits per heavy atom. The summed E-state index contributed by atoms with van der Waals surface area (Å²) in [6.07, 6.45) is 0. The lowest BCUT2D eigenvalue weighted by molar-refractivity contribution is 0.563. The molecule has 0 aliphatic heterocycles. The van der Waals surface area contributed by atoms with Gasteiger partial charge in [-0.05, 0) is 109 Å². The molecule has 1 nitrogen and oxygen atoms in total. The minimum Gasteiger partial charge on any atom is -0.310 e. The zero-order valence-corrected chi connectivity index (χ0v) is 32.2. The molecule has 0 fully saturated rings. The summed E-state index contributed by atoms with van der Waals surface area (Å²) in [7, 11) is 0. The van der Waals surface area contributed by atoms with E-state index < -0.39 is 5.41 Å². The maximum Gasteiger partial charge on any atom is 0.0719 e. The molecule has 0 unspecified atom stereocenters. The van der Waals surface area contributed by atoms with E-state index in [1.165, 1.54) is 77.5 Å². The van der Waals surface area contributed by atoms with E-state index in [4.69, 9.17) is 0 Å². The number of para-hydroxylation sites is 1. The minimum atomic E-state index is -0.434. The fraction of sp³-hybridized carbons (Fsp3) is 0.0714. The standard InChI is InChI=1S/C56H41N/c1-55(2)49-25-13-15-27-51(49)56(52-28-16-14-26-50(52)55)48-24-12-11-22-45(48)46-34-31-40(37-53(46)56)43-35-36-54(47-23-10-9-21-44(43)47)57(41-19-7-4-8-20-41)42-32-29-39(30-33-42)38-17-5-3-6-18-38/h3-37H,1-2H3. The first-order valence-corrected chi connectivity index (χ1v) is 20.0. The van der Waals surface area contributed by atoms with Gasteiger partial charge in [-0.3, -0.25) is 0 Å². The van der Waals surface area contributed by atoms with Gasteiger partial charge in [0.1, 0.15) is 0 Å². The first-order valence-electron chi connectivity index (χ1n) is 20.0. The number of hydrogen-bond acceptors (Lipinski definition) is 1. The Bertz CT molecular complexity index is 2920. The first-order chi connectivity index (χ1) is 28.0. The molecule has 0 atom stereocenters. The van der Waals surface area contributed by atoms with Gasteiger partial charge in [0.25, 0.3) is 0 Å². The number of rotatable bonds is 5. The fourth-order valence-electron chi connectivity index (χ4n) is 10.2. The van der Waals surface area contributed by atoms with E-state index in [0.29, 0.717) is 0 Å². The Morgan fingerprint density at radius 2 is 0.789 bits per heavy atom. The molecular weight excluding hydrogens is 687 g/mol. The summed E-state index contributed by atoms with van der Waals surface area (Å²) in [5.41, 5.74) is 18.6. The van der Waals surface area contributed by atoms with Crippen molar-refractivity contribution in [1.29, 1.82) is 0 Å². The van der Waals surface area contributed by atoms with Crippen LogP contribution in [0.3, 0.4) is 0 Å². The van der Waals surface area contributed by atoms with Crippen LogP contribution in [0.4, 0.5) is 17.1 Å². The molecule has 2 aliphatic carbocycles. The van der Waals surface area contributed by atoms with Gasteiger partial charge >= 0.3 is 0 Å². The summed E-state index contributed by atoms with van der Waals surface area (Å²) >= 11 is 0. The van der Waals surface area contributed by atoms with Gasteiger partial charge in [0.2, 0.25) is 0 Å². The molecule has 0 aromatic heterocycles. The van der Waals surface area contributed by atoms with Gasteiger partial charge in [0.05, 0.1) is 11.1 Å². The Kier molecular flexibility index (Phi) is 7.50. The second kappa shape index (κ2) is 12.8. The summed E-state index contributed by atoms with van der Waals surface area (Å²) in [6.45, 7) is 4.78. The molecule has 0 saturated carbocycles. The van der Waals surface area contributed by atoms with Crippen LogP contribution in [0.1, 0.15) is 47.2 Å². The van der Waals surface area contributed by atoms with Crippen molar-refractivity contribution in [3.05, 3.63) is 246 Å². The summed E-state index contributed by atoms with van der Waals surface area (Å²) < 4.78 is 0. The molecule has 0 bridgehead atoms. The predicted octanol–water partition coefficient (Wildman–Crippen LogP) is 14.6. The Hall–Kier alpha value is -6.96. The Labute approximate surface area is 335 Å². The third kappa shape index (κ3) is 4.89. The van der Waals surface area contributed by atoms with Crippen LogP contribution in [0.5, 0.6) is 0 Å². The Morgan fingerprint density at radius 1 is 0.316 bits per heavy atom. The van der Waals surface area contributed by atoms with E-state index in [-0.39, 0.29) is 5.41 Å². The van der Waals surface area contributed by atoms with E-state index in [0.717, 1.165) is 17.1 Å².